The highest BCUT2D eigenvalue weighted by molar-refractivity contribution is 5.59. The number of nitrogens with one attached hydrogen (secondary N) is 1. The highest BCUT2D eigenvalue weighted by Crippen LogP contribution is 2.28. The maximum absolute atomic E-state index is 4.86. The molecular weight excluding hydrogens is 250 g/mol. The smallest absolute Gasteiger partial charge is 0.138 e. The maximum Gasteiger partial charge on any atom is 0.138 e. The summed E-state index contributed by atoms with van der Waals surface area (Å²) in [6.07, 6.45) is 0. The Balaban J connectivity index is 2.40. The summed E-state index contributed by atoms with van der Waals surface area (Å²) in [4.78, 5) is 14.3. The molecule has 20 heavy (non-hydrogen) atoms. The van der Waals surface area contributed by atoms with Gasteiger partial charge in [-0.1, -0.05) is 20.8 Å². The Bertz CT molecular complexity index is 470. The number of hydrogen-bond donors (Lipinski definition) is 1. The number of rotatable bonds is 2. The molecule has 0 radical (unpaired) electrons. The van der Waals surface area contributed by atoms with Gasteiger partial charge >= 0.3 is 0 Å². The molecule has 0 aromatic carbocycles. The van der Waals surface area contributed by atoms with Crippen molar-refractivity contribution in [3.8, 4) is 0 Å². The van der Waals surface area contributed by atoms with Crippen LogP contribution in [-0.2, 0) is 5.41 Å². The molecule has 0 aliphatic carbocycles. The van der Waals surface area contributed by atoms with Gasteiger partial charge in [-0.05, 0) is 14.0 Å². The molecule has 2 rings (SSSR count). The van der Waals surface area contributed by atoms with Crippen LogP contribution >= 0.6 is 0 Å². The summed E-state index contributed by atoms with van der Waals surface area (Å²) in [5, 5.41) is 3.21. The maximum atomic E-state index is 4.86. The van der Waals surface area contributed by atoms with E-state index in [1.807, 2.05) is 7.05 Å². The standard InChI is InChI=1S/C15H27N5/c1-11-12(16-5)17-14(15(2,3)4)18-13(11)20-9-7-19(6)8-10-20/h7-10H2,1-6H3,(H,16,17,18). The minimum atomic E-state index is -0.0410. The van der Waals surface area contributed by atoms with Crippen molar-refractivity contribution in [3.05, 3.63) is 11.4 Å². The fourth-order valence-electron chi connectivity index (χ4n) is 2.41. The third-order valence-corrected chi connectivity index (χ3v) is 3.83. The third kappa shape index (κ3) is 3.03. The van der Waals surface area contributed by atoms with E-state index in [0.717, 1.165) is 49.2 Å². The first-order chi connectivity index (χ1) is 9.32. The summed E-state index contributed by atoms with van der Waals surface area (Å²) in [5.74, 6) is 2.93. The minimum Gasteiger partial charge on any atom is -0.373 e. The molecule has 0 saturated carbocycles. The number of nitrogens with zero attached hydrogens (tertiary/aromatic N) is 4. The van der Waals surface area contributed by atoms with Crippen molar-refractivity contribution in [1.29, 1.82) is 0 Å². The molecule has 0 amide bonds. The Labute approximate surface area is 122 Å². The van der Waals surface area contributed by atoms with Gasteiger partial charge in [-0.2, -0.15) is 0 Å². The first-order valence-electron chi connectivity index (χ1n) is 7.33. The fraction of sp³-hybridized carbons (Fsp3) is 0.733. The van der Waals surface area contributed by atoms with Crippen molar-refractivity contribution < 1.29 is 0 Å². The molecule has 1 fully saturated rings. The average molecular weight is 277 g/mol. The van der Waals surface area contributed by atoms with Crippen LogP contribution in [0.25, 0.3) is 0 Å². The number of likely N-dealkylation sites (N-methyl/N-ethyl adjacent to an activating group) is 1. The second-order valence-corrected chi connectivity index (χ2v) is 6.63. The Morgan fingerprint density at radius 3 is 2.15 bits per heavy atom. The van der Waals surface area contributed by atoms with Crippen LogP contribution in [0.3, 0.4) is 0 Å². The molecule has 0 unspecified atom stereocenters. The topological polar surface area (TPSA) is 44.3 Å². The van der Waals surface area contributed by atoms with Crippen LogP contribution in [0, 0.1) is 6.92 Å². The molecule has 0 spiro atoms. The van der Waals surface area contributed by atoms with E-state index >= 15 is 0 Å². The Kier molecular flexibility index (Phi) is 4.18. The first kappa shape index (κ1) is 15.0. The molecule has 112 valence electrons. The second-order valence-electron chi connectivity index (χ2n) is 6.63. The van der Waals surface area contributed by atoms with Gasteiger partial charge in [0.2, 0.25) is 0 Å². The highest BCUT2D eigenvalue weighted by Gasteiger charge is 2.24. The fourth-order valence-corrected chi connectivity index (χ4v) is 2.41. The summed E-state index contributed by atoms with van der Waals surface area (Å²) in [5.41, 5.74) is 1.10. The number of anilines is 2. The summed E-state index contributed by atoms with van der Waals surface area (Å²) in [6, 6.07) is 0. The Morgan fingerprint density at radius 1 is 1.05 bits per heavy atom. The zero-order chi connectivity index (χ0) is 14.9. The van der Waals surface area contributed by atoms with Crippen LogP contribution < -0.4 is 10.2 Å². The second kappa shape index (κ2) is 5.56. The van der Waals surface area contributed by atoms with Gasteiger partial charge in [0.15, 0.2) is 0 Å². The number of piperazine rings is 1. The minimum absolute atomic E-state index is 0.0410. The number of hydrogen-bond acceptors (Lipinski definition) is 5. The van der Waals surface area contributed by atoms with E-state index in [0.29, 0.717) is 0 Å². The number of aromatic nitrogens is 2. The Morgan fingerprint density at radius 2 is 1.65 bits per heavy atom. The van der Waals surface area contributed by atoms with Crippen molar-refractivity contribution in [2.75, 3.05) is 50.5 Å². The van der Waals surface area contributed by atoms with Crippen molar-refractivity contribution in [2.24, 2.45) is 0 Å². The monoisotopic (exact) mass is 277 g/mol. The van der Waals surface area contributed by atoms with Gasteiger partial charge in [-0.3, -0.25) is 0 Å². The summed E-state index contributed by atoms with van der Waals surface area (Å²) < 4.78 is 0. The molecule has 1 aliphatic heterocycles. The van der Waals surface area contributed by atoms with Crippen LogP contribution in [0.4, 0.5) is 11.6 Å². The molecule has 1 saturated heterocycles. The van der Waals surface area contributed by atoms with E-state index in [2.05, 4.69) is 54.8 Å². The van der Waals surface area contributed by atoms with Crippen molar-refractivity contribution in [1.82, 2.24) is 14.9 Å². The lowest BCUT2D eigenvalue weighted by Crippen LogP contribution is -2.45. The summed E-state index contributed by atoms with van der Waals surface area (Å²) in [6.45, 7) is 12.8. The van der Waals surface area contributed by atoms with Gasteiger partial charge in [0.05, 0.1) is 0 Å². The lowest BCUT2D eigenvalue weighted by atomic mass is 9.95. The van der Waals surface area contributed by atoms with E-state index in [1.165, 1.54) is 0 Å². The zero-order valence-corrected chi connectivity index (χ0v) is 13.6. The van der Waals surface area contributed by atoms with Gasteiger partial charge in [-0.15, -0.1) is 0 Å². The van der Waals surface area contributed by atoms with Crippen LogP contribution in [0.5, 0.6) is 0 Å². The lowest BCUT2D eigenvalue weighted by Gasteiger charge is -2.35. The highest BCUT2D eigenvalue weighted by atomic mass is 15.3. The van der Waals surface area contributed by atoms with E-state index < -0.39 is 0 Å². The van der Waals surface area contributed by atoms with Crippen LogP contribution in [0.2, 0.25) is 0 Å². The predicted octanol–water partition coefficient (Wildman–Crippen LogP) is 1.88. The van der Waals surface area contributed by atoms with Gasteiger partial charge in [0, 0.05) is 44.2 Å². The van der Waals surface area contributed by atoms with Crippen molar-refractivity contribution in [3.63, 3.8) is 0 Å². The molecule has 5 nitrogen and oxygen atoms in total. The van der Waals surface area contributed by atoms with Gasteiger partial charge in [-0.25, -0.2) is 9.97 Å². The SMILES string of the molecule is CNc1nc(C(C)(C)C)nc(N2CCN(C)CC2)c1C. The largest absolute Gasteiger partial charge is 0.373 e. The first-order valence-corrected chi connectivity index (χ1v) is 7.33. The normalized spacial score (nSPS) is 17.4. The van der Waals surface area contributed by atoms with Crippen molar-refractivity contribution in [2.45, 2.75) is 33.1 Å². The van der Waals surface area contributed by atoms with E-state index in [9.17, 15) is 0 Å². The average Bonchev–Trinajstić information content (AvgIpc) is 2.39. The van der Waals surface area contributed by atoms with Crippen LogP contribution in [-0.4, -0.2) is 55.1 Å². The quantitative estimate of drug-likeness (QED) is 0.894. The van der Waals surface area contributed by atoms with Gasteiger partial charge in [0.1, 0.15) is 17.5 Å². The lowest BCUT2D eigenvalue weighted by molar-refractivity contribution is 0.311. The molecule has 2 heterocycles. The van der Waals surface area contributed by atoms with Crippen LogP contribution in [0.1, 0.15) is 32.2 Å². The molecule has 1 aromatic rings. The molecule has 1 N–H and O–H groups in total. The summed E-state index contributed by atoms with van der Waals surface area (Å²) >= 11 is 0. The molecule has 0 atom stereocenters. The van der Waals surface area contributed by atoms with E-state index in [4.69, 9.17) is 4.98 Å². The van der Waals surface area contributed by atoms with Gasteiger partial charge < -0.3 is 15.1 Å². The Hall–Kier alpha value is -1.36. The van der Waals surface area contributed by atoms with E-state index in [-0.39, 0.29) is 5.41 Å². The molecule has 0 bridgehead atoms. The predicted molar refractivity (Wildman–Crippen MR) is 84.7 cm³/mol. The van der Waals surface area contributed by atoms with Crippen molar-refractivity contribution >= 4 is 11.6 Å². The molecule has 1 aromatic heterocycles. The zero-order valence-electron chi connectivity index (χ0n) is 13.6. The molecular formula is C15H27N5. The molecule has 5 heteroatoms. The van der Waals surface area contributed by atoms with Gasteiger partial charge in [0.25, 0.3) is 0 Å². The summed E-state index contributed by atoms with van der Waals surface area (Å²) in [7, 11) is 4.10. The van der Waals surface area contributed by atoms with E-state index in [1.54, 1.807) is 0 Å². The third-order valence-electron chi connectivity index (χ3n) is 3.83. The molecule has 1 aliphatic rings. The van der Waals surface area contributed by atoms with Crippen LogP contribution in [0.15, 0.2) is 0 Å².